The van der Waals surface area contributed by atoms with Crippen molar-refractivity contribution in [3.63, 3.8) is 0 Å². The number of hydrogen-bond donors (Lipinski definition) is 1. The van der Waals surface area contributed by atoms with Crippen LogP contribution in [0.5, 0.6) is 0 Å². The molecule has 0 amide bonds. The molecule has 2 aromatic heterocycles. The highest BCUT2D eigenvalue weighted by atomic mass is 35.5. The largest absolute Gasteiger partial charge is 0.306 e. The number of aromatic amines is 1. The lowest BCUT2D eigenvalue weighted by Crippen LogP contribution is -2.35. The first kappa shape index (κ1) is 15.9. The van der Waals surface area contributed by atoms with Crippen LogP contribution in [0.3, 0.4) is 0 Å². The predicted molar refractivity (Wildman–Crippen MR) is 95.2 cm³/mol. The Hall–Kier alpha value is -2.57. The molecule has 3 aromatic rings. The number of nitrogens with zero attached hydrogens (tertiary/aromatic N) is 4. The van der Waals surface area contributed by atoms with Gasteiger partial charge in [0.2, 0.25) is 0 Å². The van der Waals surface area contributed by atoms with Gasteiger partial charge in [0, 0.05) is 42.6 Å². The fourth-order valence-electron chi connectivity index (χ4n) is 3.08. The van der Waals surface area contributed by atoms with E-state index < -0.39 is 0 Å². The molecule has 0 saturated heterocycles. The number of rotatable bonds is 3. The zero-order valence-corrected chi connectivity index (χ0v) is 14.2. The lowest BCUT2D eigenvalue weighted by molar-refractivity contribution is 0.240. The van der Waals surface area contributed by atoms with Gasteiger partial charge in [0.15, 0.2) is 0 Å². The van der Waals surface area contributed by atoms with Crippen LogP contribution in [0.4, 0.5) is 0 Å². The molecule has 1 aliphatic rings. The summed E-state index contributed by atoms with van der Waals surface area (Å²) in [6, 6.07) is 7.84. The van der Waals surface area contributed by atoms with Crippen LogP contribution in [-0.2, 0) is 19.5 Å². The van der Waals surface area contributed by atoms with Crippen LogP contribution in [0.15, 0.2) is 47.8 Å². The summed E-state index contributed by atoms with van der Waals surface area (Å²) in [4.78, 5) is 30.1. The smallest absolute Gasteiger partial charge is 0.254 e. The van der Waals surface area contributed by atoms with Gasteiger partial charge in [-0.1, -0.05) is 23.7 Å². The first-order valence-electron chi connectivity index (χ1n) is 8.03. The molecule has 1 aliphatic heterocycles. The standard InChI is InChI=1S/C18H16ClN5O/c19-14-3-1-2-12(6-14)9-24-5-4-15-16(10-24)22-17(23-18(15)25)13-7-20-11-21-8-13/h1-3,6-8,11H,4-5,9-10H2,(H,22,23,25). The van der Waals surface area contributed by atoms with Gasteiger partial charge >= 0.3 is 0 Å². The topological polar surface area (TPSA) is 74.8 Å². The zero-order chi connectivity index (χ0) is 17.2. The maximum Gasteiger partial charge on any atom is 0.254 e. The molecule has 3 heterocycles. The number of aromatic nitrogens is 4. The minimum absolute atomic E-state index is 0.0775. The first-order valence-corrected chi connectivity index (χ1v) is 8.41. The van der Waals surface area contributed by atoms with Crippen LogP contribution in [0, 0.1) is 0 Å². The molecule has 7 heteroatoms. The van der Waals surface area contributed by atoms with E-state index in [1.54, 1.807) is 12.4 Å². The Bertz CT molecular complexity index is 957. The van der Waals surface area contributed by atoms with Crippen molar-refractivity contribution < 1.29 is 0 Å². The minimum atomic E-state index is -0.0775. The number of nitrogens with one attached hydrogen (secondary N) is 1. The van der Waals surface area contributed by atoms with Crippen LogP contribution >= 0.6 is 11.6 Å². The van der Waals surface area contributed by atoms with Crippen molar-refractivity contribution >= 4 is 11.6 Å². The number of hydrogen-bond acceptors (Lipinski definition) is 5. The fourth-order valence-corrected chi connectivity index (χ4v) is 3.29. The molecule has 0 spiro atoms. The van der Waals surface area contributed by atoms with Crippen molar-refractivity contribution in [2.24, 2.45) is 0 Å². The van der Waals surface area contributed by atoms with Crippen molar-refractivity contribution in [3.8, 4) is 11.4 Å². The molecule has 6 nitrogen and oxygen atoms in total. The summed E-state index contributed by atoms with van der Waals surface area (Å²) in [6.45, 7) is 2.22. The molecule has 0 unspecified atom stereocenters. The average Bonchev–Trinajstić information content (AvgIpc) is 2.62. The summed E-state index contributed by atoms with van der Waals surface area (Å²) in [6.07, 6.45) is 5.42. The molecule has 4 rings (SSSR count). The molecule has 0 fully saturated rings. The maximum absolute atomic E-state index is 12.4. The third kappa shape index (κ3) is 3.45. The predicted octanol–water partition coefficient (Wildman–Crippen LogP) is 2.44. The van der Waals surface area contributed by atoms with Crippen LogP contribution in [0.25, 0.3) is 11.4 Å². The Kier molecular flexibility index (Phi) is 4.29. The van der Waals surface area contributed by atoms with Gasteiger partial charge in [-0.3, -0.25) is 9.69 Å². The van der Waals surface area contributed by atoms with Gasteiger partial charge < -0.3 is 4.98 Å². The second-order valence-corrected chi connectivity index (χ2v) is 6.49. The van der Waals surface area contributed by atoms with Gasteiger partial charge in [-0.15, -0.1) is 0 Å². The van der Waals surface area contributed by atoms with Crippen molar-refractivity contribution in [3.05, 3.63) is 75.2 Å². The van der Waals surface area contributed by atoms with Crippen molar-refractivity contribution in [2.45, 2.75) is 19.5 Å². The number of benzene rings is 1. The van der Waals surface area contributed by atoms with Crippen LogP contribution < -0.4 is 5.56 Å². The van der Waals surface area contributed by atoms with E-state index in [9.17, 15) is 4.79 Å². The third-order valence-corrected chi connectivity index (χ3v) is 4.52. The minimum Gasteiger partial charge on any atom is -0.306 e. The molecular weight excluding hydrogens is 338 g/mol. The zero-order valence-electron chi connectivity index (χ0n) is 13.4. The molecule has 0 atom stereocenters. The monoisotopic (exact) mass is 353 g/mol. The first-order chi connectivity index (χ1) is 12.2. The van der Waals surface area contributed by atoms with Crippen LogP contribution in [0.2, 0.25) is 5.02 Å². The second kappa shape index (κ2) is 6.74. The van der Waals surface area contributed by atoms with Gasteiger partial charge in [0.1, 0.15) is 12.2 Å². The van der Waals surface area contributed by atoms with E-state index in [0.29, 0.717) is 24.4 Å². The molecule has 0 saturated carbocycles. The maximum atomic E-state index is 12.4. The molecule has 25 heavy (non-hydrogen) atoms. The molecule has 0 radical (unpaired) electrons. The molecule has 1 aromatic carbocycles. The van der Waals surface area contributed by atoms with E-state index >= 15 is 0 Å². The van der Waals surface area contributed by atoms with E-state index in [-0.39, 0.29) is 5.56 Å². The number of H-pyrrole nitrogens is 1. The average molecular weight is 354 g/mol. The van der Waals surface area contributed by atoms with Gasteiger partial charge in [-0.05, 0) is 24.1 Å². The SMILES string of the molecule is O=c1[nH]c(-c2cncnc2)nc2c1CCN(Cc1cccc(Cl)c1)C2. The molecule has 1 N–H and O–H groups in total. The number of fused-ring (bicyclic) bond motifs is 1. The Morgan fingerprint density at radius 2 is 2.08 bits per heavy atom. The normalized spacial score (nSPS) is 14.3. The van der Waals surface area contributed by atoms with E-state index in [0.717, 1.165) is 34.9 Å². The van der Waals surface area contributed by atoms with E-state index in [4.69, 9.17) is 11.6 Å². The molecule has 0 bridgehead atoms. The summed E-state index contributed by atoms with van der Waals surface area (Å²) in [7, 11) is 0. The van der Waals surface area contributed by atoms with Gasteiger partial charge in [0.25, 0.3) is 5.56 Å². The summed E-state index contributed by atoms with van der Waals surface area (Å²) in [5.74, 6) is 0.508. The van der Waals surface area contributed by atoms with Crippen molar-refractivity contribution in [1.82, 2.24) is 24.8 Å². The van der Waals surface area contributed by atoms with Crippen molar-refractivity contribution in [2.75, 3.05) is 6.54 Å². The third-order valence-electron chi connectivity index (χ3n) is 4.28. The number of halogens is 1. The highest BCUT2D eigenvalue weighted by molar-refractivity contribution is 6.30. The molecular formula is C18H16ClN5O. The fraction of sp³-hybridized carbons (Fsp3) is 0.222. The van der Waals surface area contributed by atoms with E-state index in [1.165, 1.54) is 6.33 Å². The van der Waals surface area contributed by atoms with Gasteiger partial charge in [0.05, 0.1) is 11.3 Å². The summed E-state index contributed by atoms with van der Waals surface area (Å²) >= 11 is 6.06. The quantitative estimate of drug-likeness (QED) is 0.782. The van der Waals surface area contributed by atoms with E-state index in [2.05, 4.69) is 30.9 Å². The van der Waals surface area contributed by atoms with Gasteiger partial charge in [-0.2, -0.15) is 0 Å². The van der Waals surface area contributed by atoms with Crippen LogP contribution in [0.1, 0.15) is 16.8 Å². The summed E-state index contributed by atoms with van der Waals surface area (Å²) in [5, 5.41) is 0.732. The lowest BCUT2D eigenvalue weighted by atomic mass is 10.1. The lowest BCUT2D eigenvalue weighted by Gasteiger charge is -2.27. The Labute approximate surface area is 149 Å². The molecule has 0 aliphatic carbocycles. The highest BCUT2D eigenvalue weighted by Gasteiger charge is 2.21. The Balaban J connectivity index is 1.61. The summed E-state index contributed by atoms with van der Waals surface area (Å²) < 4.78 is 0. The highest BCUT2D eigenvalue weighted by Crippen LogP contribution is 2.20. The Morgan fingerprint density at radius 1 is 1.24 bits per heavy atom. The Morgan fingerprint density at radius 3 is 2.88 bits per heavy atom. The second-order valence-electron chi connectivity index (χ2n) is 6.06. The van der Waals surface area contributed by atoms with Gasteiger partial charge in [-0.25, -0.2) is 15.0 Å². The van der Waals surface area contributed by atoms with Crippen LogP contribution in [-0.4, -0.2) is 31.4 Å². The van der Waals surface area contributed by atoms with Crippen molar-refractivity contribution in [1.29, 1.82) is 0 Å². The molecule has 126 valence electrons. The van der Waals surface area contributed by atoms with E-state index in [1.807, 2.05) is 18.2 Å². The summed E-state index contributed by atoms with van der Waals surface area (Å²) in [5.41, 5.74) is 3.36.